The summed E-state index contributed by atoms with van der Waals surface area (Å²) >= 11 is 6.20. The fourth-order valence-corrected chi connectivity index (χ4v) is 3.60. The van der Waals surface area contributed by atoms with E-state index in [1.165, 1.54) is 37.7 Å². The van der Waals surface area contributed by atoms with E-state index in [0.29, 0.717) is 12.0 Å². The maximum Gasteiger partial charge on any atom is 0.140 e. The van der Waals surface area contributed by atoms with E-state index in [1.54, 1.807) is 6.33 Å². The molecule has 0 saturated heterocycles. The Morgan fingerprint density at radius 2 is 2.14 bits per heavy atom. The third-order valence-corrected chi connectivity index (χ3v) is 4.85. The highest BCUT2D eigenvalue weighted by Crippen LogP contribution is 2.35. The Morgan fingerprint density at radius 1 is 1.32 bits per heavy atom. The Balaban J connectivity index is 1.77. The molecular weight excluding hydrogens is 296 g/mol. The number of nitrogens with zero attached hydrogens (tertiary/aromatic N) is 3. The van der Waals surface area contributed by atoms with E-state index in [2.05, 4.69) is 27.5 Å². The van der Waals surface area contributed by atoms with Crippen molar-refractivity contribution in [2.45, 2.75) is 44.7 Å². The number of halogens is 1. The van der Waals surface area contributed by atoms with Gasteiger partial charge in [-0.1, -0.05) is 43.0 Å². The Hall–Kier alpha value is -1.39. The van der Waals surface area contributed by atoms with Gasteiger partial charge in [-0.15, -0.1) is 0 Å². The van der Waals surface area contributed by atoms with Crippen LogP contribution in [0.5, 0.6) is 0 Å². The van der Waals surface area contributed by atoms with Crippen LogP contribution in [0.2, 0.25) is 5.02 Å². The second-order valence-electron chi connectivity index (χ2n) is 6.11. The van der Waals surface area contributed by atoms with Crippen LogP contribution in [-0.4, -0.2) is 14.8 Å². The fourth-order valence-electron chi connectivity index (χ4n) is 3.41. The minimum Gasteiger partial charge on any atom is -0.303 e. The van der Waals surface area contributed by atoms with Crippen molar-refractivity contribution in [3.63, 3.8) is 0 Å². The van der Waals surface area contributed by atoms with Crippen LogP contribution in [0.1, 0.15) is 49.5 Å². The van der Waals surface area contributed by atoms with Crippen LogP contribution >= 0.6 is 11.6 Å². The normalized spacial score (nSPS) is 17.5. The van der Waals surface area contributed by atoms with E-state index < -0.39 is 0 Å². The monoisotopic (exact) mass is 318 g/mol. The van der Waals surface area contributed by atoms with Crippen molar-refractivity contribution >= 4 is 11.6 Å². The topological polar surface area (TPSA) is 42.7 Å². The lowest BCUT2D eigenvalue weighted by Gasteiger charge is -2.31. The van der Waals surface area contributed by atoms with E-state index >= 15 is 0 Å². The minimum absolute atomic E-state index is 0.329. The van der Waals surface area contributed by atoms with Crippen LogP contribution in [0.25, 0.3) is 0 Å². The first-order valence-corrected chi connectivity index (χ1v) is 8.43. The molecule has 1 fully saturated rings. The molecule has 0 spiro atoms. The number of hydrogen-bond donors (Lipinski definition) is 1. The SMILES string of the molecule is Cn1ncnc1CN[C@H](c1cccc(Cl)c1)C1CCCCC1. The molecular formula is C17H23ClN4. The van der Waals surface area contributed by atoms with Gasteiger partial charge in [0.1, 0.15) is 12.2 Å². The van der Waals surface area contributed by atoms with Crippen LogP contribution in [0.4, 0.5) is 0 Å². The van der Waals surface area contributed by atoms with Gasteiger partial charge in [0, 0.05) is 18.1 Å². The maximum absolute atomic E-state index is 6.20. The molecule has 1 atom stereocenters. The van der Waals surface area contributed by atoms with Gasteiger partial charge in [0.05, 0.1) is 6.54 Å². The van der Waals surface area contributed by atoms with Gasteiger partial charge in [-0.2, -0.15) is 5.10 Å². The summed E-state index contributed by atoms with van der Waals surface area (Å²) in [6.07, 6.45) is 8.18. The predicted molar refractivity (Wildman–Crippen MR) is 88.6 cm³/mol. The zero-order chi connectivity index (χ0) is 15.4. The Kier molecular flexibility index (Phi) is 5.11. The molecule has 1 aliphatic rings. The molecule has 22 heavy (non-hydrogen) atoms. The van der Waals surface area contributed by atoms with Crippen LogP contribution < -0.4 is 5.32 Å². The molecule has 1 N–H and O–H groups in total. The van der Waals surface area contributed by atoms with Crippen molar-refractivity contribution in [1.29, 1.82) is 0 Å². The molecule has 1 saturated carbocycles. The van der Waals surface area contributed by atoms with Gasteiger partial charge in [0.2, 0.25) is 0 Å². The molecule has 0 unspecified atom stereocenters. The summed E-state index contributed by atoms with van der Waals surface area (Å²) in [5.41, 5.74) is 1.28. The third-order valence-electron chi connectivity index (χ3n) is 4.61. The molecule has 3 rings (SSSR count). The lowest BCUT2D eigenvalue weighted by atomic mass is 9.81. The van der Waals surface area contributed by atoms with Crippen molar-refractivity contribution in [2.75, 3.05) is 0 Å². The van der Waals surface area contributed by atoms with Gasteiger partial charge in [-0.25, -0.2) is 4.98 Å². The number of hydrogen-bond acceptors (Lipinski definition) is 3. The van der Waals surface area contributed by atoms with Crippen LogP contribution in [-0.2, 0) is 13.6 Å². The van der Waals surface area contributed by atoms with Gasteiger partial charge >= 0.3 is 0 Å². The number of rotatable bonds is 5. The molecule has 118 valence electrons. The van der Waals surface area contributed by atoms with Crippen molar-refractivity contribution < 1.29 is 0 Å². The van der Waals surface area contributed by atoms with Crippen molar-refractivity contribution in [3.05, 3.63) is 47.0 Å². The molecule has 0 radical (unpaired) electrons. The van der Waals surface area contributed by atoms with Gasteiger partial charge in [0.15, 0.2) is 0 Å². The summed E-state index contributed by atoms with van der Waals surface area (Å²) in [7, 11) is 1.93. The van der Waals surface area contributed by atoms with Crippen molar-refractivity contribution in [1.82, 2.24) is 20.1 Å². The molecule has 0 amide bonds. The van der Waals surface area contributed by atoms with Crippen molar-refractivity contribution in [2.24, 2.45) is 13.0 Å². The Morgan fingerprint density at radius 3 is 2.82 bits per heavy atom. The van der Waals surface area contributed by atoms with Crippen LogP contribution in [0.3, 0.4) is 0 Å². The summed E-state index contributed by atoms with van der Waals surface area (Å²) in [4.78, 5) is 4.31. The van der Waals surface area contributed by atoms with E-state index in [1.807, 2.05) is 23.9 Å². The summed E-state index contributed by atoms with van der Waals surface area (Å²) in [5, 5.41) is 8.64. The molecule has 1 aromatic heterocycles. The molecule has 2 aromatic rings. The first kappa shape index (κ1) is 15.5. The van der Waals surface area contributed by atoms with E-state index in [-0.39, 0.29) is 0 Å². The molecule has 5 heteroatoms. The zero-order valence-corrected chi connectivity index (χ0v) is 13.8. The Labute approximate surface area is 136 Å². The zero-order valence-electron chi connectivity index (χ0n) is 13.0. The number of aryl methyl sites for hydroxylation is 1. The van der Waals surface area contributed by atoms with Gasteiger partial charge in [-0.05, 0) is 36.5 Å². The van der Waals surface area contributed by atoms with Gasteiger partial charge < -0.3 is 5.32 Å². The van der Waals surface area contributed by atoms with Crippen molar-refractivity contribution in [3.8, 4) is 0 Å². The summed E-state index contributed by atoms with van der Waals surface area (Å²) < 4.78 is 1.82. The standard InChI is InChI=1S/C17H23ClN4/c1-22-16(20-12-21-22)11-19-17(13-6-3-2-4-7-13)14-8-5-9-15(18)10-14/h5,8-10,12-13,17,19H,2-4,6-7,11H2,1H3/t17-/m0/s1. The molecule has 1 aliphatic carbocycles. The third kappa shape index (κ3) is 3.68. The highest BCUT2D eigenvalue weighted by Gasteiger charge is 2.25. The number of benzene rings is 1. The smallest absolute Gasteiger partial charge is 0.140 e. The Bertz CT molecular complexity index is 604. The highest BCUT2D eigenvalue weighted by atomic mass is 35.5. The molecule has 4 nitrogen and oxygen atoms in total. The number of aromatic nitrogens is 3. The average Bonchev–Trinajstić information content (AvgIpc) is 2.94. The van der Waals surface area contributed by atoms with E-state index in [4.69, 9.17) is 11.6 Å². The first-order valence-electron chi connectivity index (χ1n) is 8.06. The fraction of sp³-hybridized carbons (Fsp3) is 0.529. The quantitative estimate of drug-likeness (QED) is 0.909. The number of nitrogens with one attached hydrogen (secondary N) is 1. The molecule has 1 aromatic carbocycles. The average molecular weight is 319 g/mol. The van der Waals surface area contributed by atoms with Crippen LogP contribution in [0, 0.1) is 5.92 Å². The second kappa shape index (κ2) is 7.25. The van der Waals surface area contributed by atoms with E-state index in [0.717, 1.165) is 17.4 Å². The van der Waals surface area contributed by atoms with Gasteiger partial charge in [0.25, 0.3) is 0 Å². The lowest BCUT2D eigenvalue weighted by molar-refractivity contribution is 0.268. The predicted octanol–water partition coefficient (Wildman–Crippen LogP) is 3.88. The summed E-state index contributed by atoms with van der Waals surface area (Å²) in [6, 6.07) is 8.57. The molecule has 1 heterocycles. The lowest BCUT2D eigenvalue weighted by Crippen LogP contribution is -2.30. The maximum atomic E-state index is 6.20. The first-order chi connectivity index (χ1) is 10.7. The minimum atomic E-state index is 0.329. The summed E-state index contributed by atoms with van der Waals surface area (Å²) in [6.45, 7) is 0.726. The highest BCUT2D eigenvalue weighted by molar-refractivity contribution is 6.30. The second-order valence-corrected chi connectivity index (χ2v) is 6.55. The largest absolute Gasteiger partial charge is 0.303 e. The molecule has 0 aliphatic heterocycles. The molecule has 0 bridgehead atoms. The van der Waals surface area contributed by atoms with Gasteiger partial charge in [-0.3, -0.25) is 4.68 Å². The van der Waals surface area contributed by atoms with Crippen LogP contribution in [0.15, 0.2) is 30.6 Å². The van der Waals surface area contributed by atoms with E-state index in [9.17, 15) is 0 Å². The summed E-state index contributed by atoms with van der Waals surface area (Å²) in [5.74, 6) is 1.63.